The van der Waals surface area contributed by atoms with Gasteiger partial charge < -0.3 is 38.4 Å². The normalized spacial score (nSPS) is 42.6. The van der Waals surface area contributed by atoms with E-state index in [1.54, 1.807) is 27.9 Å². The molecule has 3 aliphatic carbocycles. The zero-order chi connectivity index (χ0) is 30.1. The first-order chi connectivity index (χ1) is 19.1. The van der Waals surface area contributed by atoms with E-state index in [-0.39, 0.29) is 48.2 Å². The lowest BCUT2D eigenvalue weighted by atomic mass is 9.66. The molecule has 2 saturated carbocycles. The number of rotatable bonds is 7. The third kappa shape index (κ3) is 4.71. The van der Waals surface area contributed by atoms with E-state index >= 15 is 0 Å². The first-order valence-electron chi connectivity index (χ1n) is 14.4. The maximum Gasteiger partial charge on any atom is 0.311 e. The largest absolute Gasteiger partial charge is 0.511 e. The Morgan fingerprint density at radius 1 is 1.22 bits per heavy atom. The Kier molecular flexibility index (Phi) is 7.42. The fourth-order valence-corrected chi connectivity index (χ4v) is 8.26. The van der Waals surface area contributed by atoms with E-state index in [1.807, 2.05) is 6.92 Å². The summed E-state index contributed by atoms with van der Waals surface area (Å²) in [4.78, 5) is 18.8. The highest BCUT2D eigenvalue weighted by Gasteiger charge is 2.75. The van der Waals surface area contributed by atoms with Crippen molar-refractivity contribution in [3.63, 3.8) is 0 Å². The number of hydrogen-bond donors (Lipinski definition) is 1. The van der Waals surface area contributed by atoms with Crippen LogP contribution in [-0.2, 0) is 38.1 Å². The van der Waals surface area contributed by atoms with Crippen molar-refractivity contribution in [1.29, 1.82) is 5.26 Å². The molecule has 0 aromatic carbocycles. The molecule has 228 valence electrons. The first-order valence-corrected chi connectivity index (χ1v) is 14.4. The van der Waals surface area contributed by atoms with Crippen LogP contribution in [0.3, 0.4) is 0 Å². The van der Waals surface area contributed by atoms with Gasteiger partial charge in [0, 0.05) is 19.4 Å². The van der Waals surface area contributed by atoms with E-state index in [4.69, 9.17) is 33.3 Å². The van der Waals surface area contributed by atoms with Crippen LogP contribution in [0.25, 0.3) is 0 Å². The molecule has 0 aromatic heterocycles. The number of esters is 1. The van der Waals surface area contributed by atoms with Crippen molar-refractivity contribution in [2.45, 2.75) is 103 Å². The van der Waals surface area contributed by atoms with Crippen LogP contribution >= 0.6 is 0 Å². The Hall–Kier alpha value is -2.39. The van der Waals surface area contributed by atoms with Crippen molar-refractivity contribution in [3.05, 3.63) is 11.3 Å². The topological polar surface area (TPSA) is 138 Å². The van der Waals surface area contributed by atoms with Gasteiger partial charge in [0.15, 0.2) is 6.29 Å². The molecule has 1 saturated heterocycles. The lowest BCUT2D eigenvalue weighted by Gasteiger charge is -2.47. The molecule has 2 heterocycles. The van der Waals surface area contributed by atoms with Crippen LogP contribution in [0.4, 0.5) is 0 Å². The molecule has 5 rings (SSSR count). The molecule has 41 heavy (non-hydrogen) atoms. The van der Waals surface area contributed by atoms with Gasteiger partial charge in [-0.3, -0.25) is 4.79 Å². The molecule has 0 bridgehead atoms. The minimum atomic E-state index is -1.19. The fourth-order valence-electron chi connectivity index (χ4n) is 8.26. The molecule has 2 aliphatic heterocycles. The monoisotopic (exact) mass is 576 g/mol. The summed E-state index contributed by atoms with van der Waals surface area (Å²) in [6.07, 6.45) is -1.34. The number of ether oxygens (including phenoxy) is 6. The third-order valence-corrected chi connectivity index (χ3v) is 9.90. The SMILES string of the molecule is COCO[C@]1(C2O[C@H](CC(=O)OC(C)(C)C)O[C@@]2(C)[C@H]2C(C#N)=C(O)C[C@H]3[C@@H]2C3(C)C)C[C@H](C)[C@@H]2ON=C(OC)[C@@H]21. The third-order valence-electron chi connectivity index (χ3n) is 9.90. The van der Waals surface area contributed by atoms with Crippen molar-refractivity contribution < 1.29 is 43.2 Å². The van der Waals surface area contributed by atoms with E-state index in [0.29, 0.717) is 24.3 Å². The first kappa shape index (κ1) is 30.1. The smallest absolute Gasteiger partial charge is 0.311 e. The Balaban J connectivity index is 1.63. The van der Waals surface area contributed by atoms with Gasteiger partial charge in [0.25, 0.3) is 0 Å². The molecule has 11 nitrogen and oxygen atoms in total. The Morgan fingerprint density at radius 2 is 1.93 bits per heavy atom. The molecule has 1 N–H and O–H groups in total. The number of oxime groups is 1. The minimum absolute atomic E-state index is 0.00173. The van der Waals surface area contributed by atoms with Gasteiger partial charge in [0.1, 0.15) is 47.5 Å². The minimum Gasteiger partial charge on any atom is -0.511 e. The molecule has 0 amide bonds. The van der Waals surface area contributed by atoms with Gasteiger partial charge >= 0.3 is 5.97 Å². The van der Waals surface area contributed by atoms with Gasteiger partial charge in [-0.25, -0.2) is 0 Å². The molecule has 10 atom stereocenters. The molecule has 0 radical (unpaired) electrons. The van der Waals surface area contributed by atoms with Gasteiger partial charge in [-0.15, -0.1) is 0 Å². The average molecular weight is 577 g/mol. The van der Waals surface area contributed by atoms with Crippen molar-refractivity contribution >= 4 is 11.9 Å². The number of methoxy groups -OCH3 is 2. The van der Waals surface area contributed by atoms with Gasteiger partial charge in [0.2, 0.25) is 5.90 Å². The number of nitriles is 1. The second-order valence-corrected chi connectivity index (χ2v) is 14.0. The van der Waals surface area contributed by atoms with Crippen molar-refractivity contribution in [1.82, 2.24) is 0 Å². The molecule has 0 spiro atoms. The molecule has 11 heteroatoms. The summed E-state index contributed by atoms with van der Waals surface area (Å²) in [6.45, 7) is 13.6. The van der Waals surface area contributed by atoms with Crippen LogP contribution in [0.2, 0.25) is 0 Å². The number of carbonyl (C=O) groups excluding carboxylic acids is 1. The van der Waals surface area contributed by atoms with E-state index in [0.717, 1.165) is 0 Å². The van der Waals surface area contributed by atoms with Crippen LogP contribution in [0.1, 0.15) is 67.7 Å². The second kappa shape index (κ2) is 10.1. The predicted octanol–water partition coefficient (Wildman–Crippen LogP) is 4.22. The summed E-state index contributed by atoms with van der Waals surface area (Å²) in [5.74, 6) is -0.757. The zero-order valence-corrected chi connectivity index (χ0v) is 25.6. The van der Waals surface area contributed by atoms with E-state index in [9.17, 15) is 15.2 Å². The lowest BCUT2D eigenvalue weighted by molar-refractivity contribution is -0.211. The number of aliphatic hydroxyl groups excluding tert-OH is 1. The molecular weight excluding hydrogens is 532 g/mol. The summed E-state index contributed by atoms with van der Waals surface area (Å²) < 4.78 is 36.8. The van der Waals surface area contributed by atoms with E-state index < -0.39 is 47.0 Å². The summed E-state index contributed by atoms with van der Waals surface area (Å²) in [5.41, 5.74) is -2.83. The maximum atomic E-state index is 13.0. The van der Waals surface area contributed by atoms with E-state index in [1.165, 1.54) is 7.11 Å². The zero-order valence-electron chi connectivity index (χ0n) is 25.6. The number of aliphatic hydroxyl groups is 1. The quantitative estimate of drug-likeness (QED) is 0.346. The standard InChI is InChI=1S/C30H44N2O9/c1-15-12-30(37-14-35-8,23-24(15)41-32-25(23)36-9)26-29(7,40-20(38-26)11-19(34)39-27(2,3)4)21-16(13-31)18(33)10-17-22(21)28(17,5)6/h15,17,20-24,26,33H,10-12,14H2,1-9H3/t15-,17-,20-,21-,22-,23+,24-,26?,29-,30+/m0/s1. The van der Waals surface area contributed by atoms with E-state index in [2.05, 4.69) is 32.0 Å². The number of carbonyl (C=O) groups is 1. The molecule has 3 fully saturated rings. The predicted molar refractivity (Wildman–Crippen MR) is 145 cm³/mol. The molecule has 0 aromatic rings. The molecular formula is C30H44N2O9. The highest BCUT2D eigenvalue weighted by atomic mass is 16.8. The average Bonchev–Trinajstić information content (AvgIpc) is 3.26. The lowest BCUT2D eigenvalue weighted by Crippen LogP contribution is -2.62. The van der Waals surface area contributed by atoms with Crippen LogP contribution in [-0.4, -0.2) is 73.3 Å². The maximum absolute atomic E-state index is 13.0. The number of nitrogens with zero attached hydrogens (tertiary/aromatic N) is 2. The summed E-state index contributed by atoms with van der Waals surface area (Å²) in [6, 6.07) is 2.29. The Morgan fingerprint density at radius 3 is 2.54 bits per heavy atom. The summed E-state index contributed by atoms with van der Waals surface area (Å²) in [7, 11) is 3.09. The van der Waals surface area contributed by atoms with Gasteiger partial charge in [-0.1, -0.05) is 25.9 Å². The number of fused-ring (bicyclic) bond motifs is 2. The summed E-state index contributed by atoms with van der Waals surface area (Å²) in [5, 5.41) is 25.6. The van der Waals surface area contributed by atoms with Gasteiger partial charge in [-0.2, -0.15) is 5.26 Å². The van der Waals surface area contributed by atoms with Gasteiger partial charge in [-0.05, 0) is 57.3 Å². The van der Waals surface area contributed by atoms with Crippen LogP contribution in [0.5, 0.6) is 0 Å². The number of allylic oxidation sites excluding steroid dienone is 1. The van der Waals surface area contributed by atoms with Gasteiger partial charge in [0.05, 0.1) is 25.2 Å². The molecule has 1 unspecified atom stereocenters. The van der Waals surface area contributed by atoms with Crippen LogP contribution in [0.15, 0.2) is 16.5 Å². The Labute approximate surface area is 242 Å². The molecule has 5 aliphatic rings. The van der Waals surface area contributed by atoms with Crippen LogP contribution < -0.4 is 0 Å². The van der Waals surface area contributed by atoms with Crippen molar-refractivity contribution in [2.75, 3.05) is 21.0 Å². The van der Waals surface area contributed by atoms with Crippen molar-refractivity contribution in [2.24, 2.45) is 40.2 Å². The highest BCUT2D eigenvalue weighted by molar-refractivity contribution is 5.82. The second-order valence-electron chi connectivity index (χ2n) is 14.0. The highest BCUT2D eigenvalue weighted by Crippen LogP contribution is 2.71. The fraction of sp³-hybridized carbons (Fsp3) is 0.833. The van der Waals surface area contributed by atoms with Crippen LogP contribution in [0, 0.1) is 46.3 Å². The summed E-state index contributed by atoms with van der Waals surface area (Å²) >= 11 is 0. The van der Waals surface area contributed by atoms with Crippen molar-refractivity contribution in [3.8, 4) is 6.07 Å². The Bertz CT molecular complexity index is 1170. The number of hydrogen-bond acceptors (Lipinski definition) is 11.